The van der Waals surface area contributed by atoms with Crippen LogP contribution in [0.3, 0.4) is 0 Å². The van der Waals surface area contributed by atoms with Gasteiger partial charge in [0.2, 0.25) is 16.0 Å². The molecule has 0 radical (unpaired) electrons. The van der Waals surface area contributed by atoms with E-state index in [0.717, 1.165) is 0 Å². The van der Waals surface area contributed by atoms with Crippen molar-refractivity contribution in [2.24, 2.45) is 0 Å². The normalized spacial score (nSPS) is 19.8. The molecule has 2 saturated heterocycles. The Bertz CT molecular complexity index is 1070. The molecular weight excluding hydrogens is 412 g/mol. The molecule has 0 unspecified atom stereocenters. The maximum absolute atomic E-state index is 12.9. The number of fused-ring (bicyclic) bond motifs is 1. The Morgan fingerprint density at radius 1 is 1.17 bits per heavy atom. The highest BCUT2D eigenvalue weighted by atomic mass is 32.2. The predicted molar refractivity (Wildman–Crippen MR) is 110 cm³/mol. The van der Waals surface area contributed by atoms with Crippen molar-refractivity contribution in [3.63, 3.8) is 0 Å². The van der Waals surface area contributed by atoms with Gasteiger partial charge in [-0.15, -0.1) is 0 Å². The minimum absolute atomic E-state index is 0.0199. The summed E-state index contributed by atoms with van der Waals surface area (Å²) in [6.45, 7) is 2.07. The van der Waals surface area contributed by atoms with Crippen LogP contribution in [0.4, 0.5) is 5.95 Å². The van der Waals surface area contributed by atoms with Crippen molar-refractivity contribution in [2.45, 2.75) is 37.8 Å². The number of ether oxygens (including phenoxy) is 2. The van der Waals surface area contributed by atoms with Crippen molar-refractivity contribution in [3.05, 3.63) is 16.6 Å². The molecule has 4 heterocycles. The largest absolute Gasteiger partial charge is 0.477 e. The standard InChI is InChI=1S/C18H26N6O5S/c1-28-16-17(25)24(13-5-9-29-10-6-13)15-14(21-16)11-19-18(22-15)20-12-3-7-23(8-4-12)30(2,26)27/h11-13H,3-10H2,1-2H3,(H,19,20,22). The van der Waals surface area contributed by atoms with Crippen LogP contribution in [-0.2, 0) is 14.8 Å². The second-order valence-corrected chi connectivity index (χ2v) is 9.61. The number of nitrogens with one attached hydrogen (secondary N) is 1. The van der Waals surface area contributed by atoms with Gasteiger partial charge in [-0.05, 0) is 25.7 Å². The number of sulfonamides is 1. The number of anilines is 1. The molecule has 12 heteroatoms. The zero-order chi connectivity index (χ0) is 21.3. The fourth-order valence-corrected chi connectivity index (χ4v) is 4.85. The lowest BCUT2D eigenvalue weighted by Crippen LogP contribution is -2.42. The highest BCUT2D eigenvalue weighted by Gasteiger charge is 2.26. The monoisotopic (exact) mass is 438 g/mol. The number of piperidine rings is 1. The summed E-state index contributed by atoms with van der Waals surface area (Å²) < 4.78 is 37.1. The van der Waals surface area contributed by atoms with Gasteiger partial charge in [-0.3, -0.25) is 9.36 Å². The lowest BCUT2D eigenvalue weighted by Gasteiger charge is -2.30. The van der Waals surface area contributed by atoms with Crippen LogP contribution >= 0.6 is 0 Å². The number of nitrogens with zero attached hydrogens (tertiary/aromatic N) is 5. The van der Waals surface area contributed by atoms with Gasteiger partial charge in [0, 0.05) is 38.4 Å². The zero-order valence-electron chi connectivity index (χ0n) is 17.1. The summed E-state index contributed by atoms with van der Waals surface area (Å²) in [6, 6.07) is 0.00121. The lowest BCUT2D eigenvalue weighted by atomic mass is 10.1. The first-order valence-corrected chi connectivity index (χ1v) is 11.8. The van der Waals surface area contributed by atoms with Crippen LogP contribution in [0.5, 0.6) is 5.88 Å². The van der Waals surface area contributed by atoms with E-state index in [9.17, 15) is 13.2 Å². The van der Waals surface area contributed by atoms with E-state index in [1.54, 1.807) is 10.8 Å². The Kier molecular flexibility index (Phi) is 5.89. The third-order valence-electron chi connectivity index (χ3n) is 5.61. The van der Waals surface area contributed by atoms with Crippen molar-refractivity contribution in [2.75, 3.05) is 45.0 Å². The van der Waals surface area contributed by atoms with Crippen LogP contribution in [0.15, 0.2) is 11.0 Å². The average molecular weight is 439 g/mol. The first-order valence-electron chi connectivity index (χ1n) is 9.99. The molecule has 2 aromatic rings. The van der Waals surface area contributed by atoms with Gasteiger partial charge in [0.05, 0.1) is 19.6 Å². The maximum Gasteiger partial charge on any atom is 0.315 e. The van der Waals surface area contributed by atoms with E-state index in [4.69, 9.17) is 9.47 Å². The van der Waals surface area contributed by atoms with Crippen molar-refractivity contribution in [1.82, 2.24) is 23.8 Å². The summed E-state index contributed by atoms with van der Waals surface area (Å²) in [7, 11) is -1.75. The highest BCUT2D eigenvalue weighted by molar-refractivity contribution is 7.88. The Balaban J connectivity index is 1.62. The predicted octanol–water partition coefficient (Wildman–Crippen LogP) is 0.383. The van der Waals surface area contributed by atoms with E-state index < -0.39 is 10.0 Å². The van der Waals surface area contributed by atoms with E-state index in [-0.39, 0.29) is 23.5 Å². The van der Waals surface area contributed by atoms with Crippen molar-refractivity contribution < 1.29 is 17.9 Å². The Labute approximate surface area is 174 Å². The summed E-state index contributed by atoms with van der Waals surface area (Å²) in [5, 5.41) is 3.28. The molecule has 2 aliphatic heterocycles. The van der Waals surface area contributed by atoms with Crippen LogP contribution in [0.25, 0.3) is 11.2 Å². The highest BCUT2D eigenvalue weighted by Crippen LogP contribution is 2.24. The fraction of sp³-hybridized carbons (Fsp3) is 0.667. The molecule has 0 aromatic carbocycles. The zero-order valence-corrected chi connectivity index (χ0v) is 17.9. The average Bonchev–Trinajstić information content (AvgIpc) is 2.74. The van der Waals surface area contributed by atoms with Crippen molar-refractivity contribution in [1.29, 1.82) is 0 Å². The van der Waals surface area contributed by atoms with Crippen molar-refractivity contribution in [3.8, 4) is 5.88 Å². The van der Waals surface area contributed by atoms with Gasteiger partial charge in [-0.2, -0.15) is 4.98 Å². The summed E-state index contributed by atoms with van der Waals surface area (Å²) in [6.07, 6.45) is 5.53. The topological polar surface area (TPSA) is 129 Å². The third kappa shape index (κ3) is 4.25. The van der Waals surface area contributed by atoms with Crippen LogP contribution in [0, 0.1) is 0 Å². The number of rotatable bonds is 5. The molecule has 0 spiro atoms. The number of methoxy groups -OCH3 is 1. The van der Waals surface area contributed by atoms with Crippen molar-refractivity contribution >= 4 is 27.1 Å². The lowest BCUT2D eigenvalue weighted by molar-refractivity contribution is 0.0694. The molecule has 164 valence electrons. The van der Waals surface area contributed by atoms with Crippen LogP contribution in [0.1, 0.15) is 31.7 Å². The number of aromatic nitrogens is 4. The molecule has 2 fully saturated rings. The smallest absolute Gasteiger partial charge is 0.315 e. The summed E-state index contributed by atoms with van der Waals surface area (Å²) in [5.41, 5.74) is 0.622. The molecule has 2 aromatic heterocycles. The molecule has 11 nitrogen and oxygen atoms in total. The third-order valence-corrected chi connectivity index (χ3v) is 6.91. The minimum Gasteiger partial charge on any atom is -0.477 e. The molecule has 1 N–H and O–H groups in total. The number of hydrogen-bond donors (Lipinski definition) is 1. The van der Waals surface area contributed by atoms with Gasteiger partial charge in [0.25, 0.3) is 5.88 Å². The van der Waals surface area contributed by atoms with E-state index in [1.807, 2.05) is 0 Å². The summed E-state index contributed by atoms with van der Waals surface area (Å²) >= 11 is 0. The Hall–Kier alpha value is -2.31. The summed E-state index contributed by atoms with van der Waals surface area (Å²) in [4.78, 5) is 26.1. The van der Waals surface area contributed by atoms with E-state index in [1.165, 1.54) is 17.7 Å². The Morgan fingerprint density at radius 3 is 2.50 bits per heavy atom. The quantitative estimate of drug-likeness (QED) is 0.704. The van der Waals surface area contributed by atoms with Gasteiger partial charge in [0.1, 0.15) is 5.52 Å². The first-order chi connectivity index (χ1) is 14.4. The molecule has 4 rings (SSSR count). The van der Waals surface area contributed by atoms with Crippen LogP contribution < -0.4 is 15.6 Å². The van der Waals surface area contributed by atoms with E-state index in [0.29, 0.717) is 69.1 Å². The molecule has 30 heavy (non-hydrogen) atoms. The molecule has 0 amide bonds. The van der Waals surface area contributed by atoms with Gasteiger partial charge in [-0.25, -0.2) is 22.7 Å². The molecule has 0 atom stereocenters. The second kappa shape index (κ2) is 8.44. The van der Waals surface area contributed by atoms with Gasteiger partial charge in [0.15, 0.2) is 5.65 Å². The van der Waals surface area contributed by atoms with Gasteiger partial charge >= 0.3 is 5.56 Å². The van der Waals surface area contributed by atoms with E-state index >= 15 is 0 Å². The minimum atomic E-state index is -3.17. The maximum atomic E-state index is 12.9. The summed E-state index contributed by atoms with van der Waals surface area (Å²) in [5.74, 6) is 0.416. The molecule has 2 aliphatic rings. The fourth-order valence-electron chi connectivity index (χ4n) is 3.98. The molecule has 0 aliphatic carbocycles. The van der Waals surface area contributed by atoms with Crippen LogP contribution in [-0.4, -0.2) is 78.0 Å². The molecule has 0 saturated carbocycles. The Morgan fingerprint density at radius 2 is 1.87 bits per heavy atom. The van der Waals surface area contributed by atoms with Gasteiger partial charge in [-0.1, -0.05) is 0 Å². The first kappa shape index (κ1) is 20.9. The van der Waals surface area contributed by atoms with Gasteiger partial charge < -0.3 is 14.8 Å². The SMILES string of the molecule is COc1nc2cnc(NC3CCN(S(C)(=O)=O)CC3)nc2n(C2CCOCC2)c1=O. The van der Waals surface area contributed by atoms with Crippen LogP contribution in [0.2, 0.25) is 0 Å². The number of hydrogen-bond acceptors (Lipinski definition) is 9. The second-order valence-electron chi connectivity index (χ2n) is 7.62. The molecular formula is C18H26N6O5S. The van der Waals surface area contributed by atoms with E-state index in [2.05, 4.69) is 20.3 Å². The molecule has 0 bridgehead atoms.